The van der Waals surface area contributed by atoms with Gasteiger partial charge in [0.15, 0.2) is 21.8 Å². The summed E-state index contributed by atoms with van der Waals surface area (Å²) in [6.45, 7) is 0. The molecule has 7 aromatic rings. The lowest BCUT2D eigenvalue weighted by Gasteiger charge is -2.02. The van der Waals surface area contributed by atoms with Crippen LogP contribution in [-0.4, -0.2) is 70.9 Å². The molecule has 1 N–H and O–H groups in total. The number of H-pyrrole nitrogens is 1. The molecule has 0 bridgehead atoms. The summed E-state index contributed by atoms with van der Waals surface area (Å²) in [4.78, 5) is 46.4. The average Bonchev–Trinajstić information content (AvgIpc) is 3.63. The molecule has 0 atom stereocenters. The highest BCUT2D eigenvalue weighted by atomic mass is 35.5. The Hall–Kier alpha value is -5.09. The average molecular weight is 775 g/mol. The fourth-order valence-corrected chi connectivity index (χ4v) is 5.32. The minimum atomic E-state index is -0.540. The third-order valence-electron chi connectivity index (χ3n) is 6.51. The van der Waals surface area contributed by atoms with E-state index < -0.39 is 17.4 Å². The molecule has 4 aromatic heterocycles. The zero-order valence-electron chi connectivity index (χ0n) is 27.8. The lowest BCUT2D eigenvalue weighted by Crippen LogP contribution is -2.07. The van der Waals surface area contributed by atoms with Crippen molar-refractivity contribution in [2.45, 2.75) is 15.5 Å². The number of nitrogens with zero attached hydrogens (tertiary/aromatic N) is 7. The Morgan fingerprint density at radius 2 is 1.27 bits per heavy atom. The zero-order chi connectivity index (χ0) is 37.3. The largest absolute Gasteiger partial charge is 0.298 e. The minimum Gasteiger partial charge on any atom is -0.298 e. The van der Waals surface area contributed by atoms with Gasteiger partial charge in [-0.1, -0.05) is 89.4 Å². The Labute approximate surface area is 315 Å². The molecule has 0 aliphatic rings. The Balaban J connectivity index is 0.000000162. The number of rotatable bonds is 7. The van der Waals surface area contributed by atoms with Crippen LogP contribution in [0.3, 0.4) is 0 Å². The van der Waals surface area contributed by atoms with Gasteiger partial charge in [-0.3, -0.25) is 14.7 Å². The predicted molar refractivity (Wildman–Crippen MR) is 203 cm³/mol. The molecule has 10 nitrogen and oxygen atoms in total. The molecule has 264 valence electrons. The van der Waals surface area contributed by atoms with E-state index in [-0.39, 0.29) is 16.8 Å². The van der Waals surface area contributed by atoms with Crippen LogP contribution in [0.2, 0.25) is 5.15 Å². The first-order valence-corrected chi connectivity index (χ1v) is 19.0. The summed E-state index contributed by atoms with van der Waals surface area (Å²) >= 11 is 9.89. The maximum absolute atomic E-state index is 13.4. The molecular weight excluding hydrogens is 746 g/mol. The van der Waals surface area contributed by atoms with Crippen LogP contribution in [0, 0.1) is 11.6 Å². The van der Waals surface area contributed by atoms with Crippen molar-refractivity contribution in [1.29, 1.82) is 0 Å². The number of benzene rings is 3. The van der Waals surface area contributed by atoms with Gasteiger partial charge in [-0.15, -0.1) is 0 Å². The van der Waals surface area contributed by atoms with Crippen molar-refractivity contribution >= 4 is 69.9 Å². The van der Waals surface area contributed by atoms with E-state index >= 15 is 0 Å². The highest BCUT2D eigenvalue weighted by molar-refractivity contribution is 7.98. The van der Waals surface area contributed by atoms with E-state index in [1.807, 2.05) is 49.1 Å². The third kappa shape index (κ3) is 11.5. The van der Waals surface area contributed by atoms with Gasteiger partial charge in [-0.2, -0.15) is 5.10 Å². The number of halogens is 3. The maximum Gasteiger partial charge on any atom is 0.214 e. The fourth-order valence-electron chi connectivity index (χ4n) is 4.07. The van der Waals surface area contributed by atoms with Gasteiger partial charge in [0.2, 0.25) is 5.78 Å². The molecule has 52 heavy (non-hydrogen) atoms. The first-order chi connectivity index (χ1) is 25.3. The summed E-state index contributed by atoms with van der Waals surface area (Å²) in [6, 6.07) is 24.7. The normalized spacial score (nSPS) is 10.1. The van der Waals surface area contributed by atoms with Crippen LogP contribution >= 0.6 is 46.9 Å². The van der Waals surface area contributed by atoms with E-state index in [0.29, 0.717) is 21.8 Å². The van der Waals surface area contributed by atoms with Gasteiger partial charge in [-0.25, -0.2) is 38.7 Å². The van der Waals surface area contributed by atoms with E-state index in [9.17, 15) is 18.4 Å². The summed E-state index contributed by atoms with van der Waals surface area (Å²) in [5.41, 5.74) is 3.08. The predicted octanol–water partition coefficient (Wildman–Crippen LogP) is 8.80. The number of aldehydes is 1. The molecule has 0 radical (unpaired) electrons. The van der Waals surface area contributed by atoms with Crippen LogP contribution < -0.4 is 0 Å². The molecule has 0 fully saturated rings. The van der Waals surface area contributed by atoms with Crippen molar-refractivity contribution in [1.82, 2.24) is 40.1 Å². The molecule has 4 heterocycles. The molecule has 0 saturated carbocycles. The van der Waals surface area contributed by atoms with Crippen molar-refractivity contribution in [2.24, 2.45) is 0 Å². The first kappa shape index (κ1) is 39.7. The summed E-state index contributed by atoms with van der Waals surface area (Å²) < 4.78 is 25.8. The zero-order valence-corrected chi connectivity index (χ0v) is 31.0. The van der Waals surface area contributed by atoms with Crippen molar-refractivity contribution in [3.63, 3.8) is 0 Å². The number of carbonyl (C=O) groups excluding carboxylic acids is 2. The second-order valence-corrected chi connectivity index (χ2v) is 12.5. The lowest BCUT2D eigenvalue weighted by atomic mass is 10.1. The number of hydrogen-bond acceptors (Lipinski definition) is 12. The van der Waals surface area contributed by atoms with Crippen molar-refractivity contribution in [2.75, 3.05) is 18.8 Å². The highest BCUT2D eigenvalue weighted by Crippen LogP contribution is 2.25. The molecule has 16 heteroatoms. The van der Waals surface area contributed by atoms with Crippen LogP contribution in [-0.2, 0) is 0 Å². The number of para-hydroxylation sites is 1. The smallest absolute Gasteiger partial charge is 0.214 e. The van der Waals surface area contributed by atoms with Crippen LogP contribution in [0.5, 0.6) is 0 Å². The SMILES string of the molecule is CSc1nccc(-c2n[nH]c3ccccc23)n1.CSc1nccc(C(=O)c2ccccc2F)n1.CSc1nccc(Cl)n1.O=Cc1ccccc1F. The Morgan fingerprint density at radius 3 is 1.88 bits per heavy atom. The van der Waals surface area contributed by atoms with E-state index in [1.165, 1.54) is 71.8 Å². The van der Waals surface area contributed by atoms with Crippen LogP contribution in [0.1, 0.15) is 26.4 Å². The number of carbonyl (C=O) groups is 2. The molecule has 0 spiro atoms. The lowest BCUT2D eigenvalue weighted by molar-refractivity contribution is 0.102. The molecule has 0 aliphatic carbocycles. The number of aromatic amines is 1. The fraction of sp³-hybridized carbons (Fsp3) is 0.0833. The molecule has 0 aliphatic heterocycles. The van der Waals surface area contributed by atoms with E-state index in [0.717, 1.165) is 27.4 Å². The number of thioether (sulfide) groups is 3. The Morgan fingerprint density at radius 1 is 0.692 bits per heavy atom. The molecule has 0 amide bonds. The van der Waals surface area contributed by atoms with E-state index in [4.69, 9.17) is 11.6 Å². The number of fused-ring (bicyclic) bond motifs is 1. The van der Waals surface area contributed by atoms with Crippen LogP contribution in [0.4, 0.5) is 8.78 Å². The van der Waals surface area contributed by atoms with E-state index in [1.54, 1.807) is 42.7 Å². The topological polar surface area (TPSA) is 140 Å². The Bertz CT molecular complexity index is 2250. The molecular formula is C36H29ClF2N8O2S3. The number of hydrogen-bond donors (Lipinski definition) is 1. The quantitative estimate of drug-likeness (QED) is 0.0544. The number of nitrogens with one attached hydrogen (secondary N) is 1. The van der Waals surface area contributed by atoms with Gasteiger partial charge in [0.05, 0.1) is 22.3 Å². The molecule has 0 unspecified atom stereocenters. The van der Waals surface area contributed by atoms with Gasteiger partial charge in [0, 0.05) is 24.0 Å². The van der Waals surface area contributed by atoms with Gasteiger partial charge in [0.1, 0.15) is 28.2 Å². The number of aromatic nitrogens is 8. The summed E-state index contributed by atoms with van der Waals surface area (Å²) in [7, 11) is 0. The second kappa shape index (κ2) is 20.7. The standard InChI is InChI=1S/C12H9FN2OS.C12H10N4S.C7H5FO.C5H5ClN2S/c1-17-12-14-7-6-10(15-12)11(16)8-4-2-3-5-9(8)13;1-17-12-13-7-6-10(14-12)11-8-4-2-3-5-9(8)15-16-11;8-7-4-2-1-3-6(7)5-9;1-9-5-7-3-2-4(6)8-5/h2-7H,1H3;2-7H,1H3,(H,15,16);1-5H;2-3H,1H3. The highest BCUT2D eigenvalue weighted by Gasteiger charge is 2.15. The molecule has 0 saturated heterocycles. The summed E-state index contributed by atoms with van der Waals surface area (Å²) in [5, 5.41) is 10.9. The van der Waals surface area contributed by atoms with E-state index in [2.05, 4.69) is 40.1 Å². The third-order valence-corrected chi connectivity index (χ3v) is 8.41. The summed E-state index contributed by atoms with van der Waals surface area (Å²) in [5.74, 6) is -1.44. The summed E-state index contributed by atoms with van der Waals surface area (Å²) in [6.07, 6.45) is 11.1. The molecule has 7 rings (SSSR count). The van der Waals surface area contributed by atoms with Crippen molar-refractivity contribution < 1.29 is 18.4 Å². The van der Waals surface area contributed by atoms with Gasteiger partial charge in [-0.05, 0) is 67.3 Å². The van der Waals surface area contributed by atoms with Crippen LogP contribution in [0.15, 0.2) is 125 Å². The van der Waals surface area contributed by atoms with Crippen LogP contribution in [0.25, 0.3) is 22.3 Å². The molecule has 3 aromatic carbocycles. The van der Waals surface area contributed by atoms with Gasteiger partial charge < -0.3 is 0 Å². The van der Waals surface area contributed by atoms with Crippen molar-refractivity contribution in [3.8, 4) is 11.4 Å². The number of ketones is 1. The Kier molecular flexibility index (Phi) is 15.8. The minimum absolute atomic E-state index is 0.0262. The van der Waals surface area contributed by atoms with Gasteiger partial charge >= 0.3 is 0 Å². The first-order valence-electron chi connectivity index (χ1n) is 15.0. The second-order valence-electron chi connectivity index (χ2n) is 9.79. The van der Waals surface area contributed by atoms with Crippen molar-refractivity contribution in [3.05, 3.63) is 143 Å². The monoisotopic (exact) mass is 774 g/mol. The van der Waals surface area contributed by atoms with Gasteiger partial charge in [0.25, 0.3) is 0 Å². The maximum atomic E-state index is 13.4.